The van der Waals surface area contributed by atoms with Gasteiger partial charge in [-0.2, -0.15) is 5.10 Å². The molecule has 192 valence electrons. The lowest BCUT2D eigenvalue weighted by atomic mass is 10.1. The number of carbonyl (C=O) groups excluding carboxylic acids is 2. The lowest BCUT2D eigenvalue weighted by molar-refractivity contribution is -0.114. The van der Waals surface area contributed by atoms with Crippen molar-refractivity contribution in [1.82, 2.24) is 0 Å². The number of rotatable bonds is 5. The van der Waals surface area contributed by atoms with E-state index in [1.165, 1.54) is 23.5 Å². The van der Waals surface area contributed by atoms with Gasteiger partial charge in [-0.3, -0.25) is 14.5 Å². The normalized spacial score (nSPS) is 19.7. The van der Waals surface area contributed by atoms with Crippen LogP contribution in [0, 0.1) is 6.92 Å². The first-order valence-electron chi connectivity index (χ1n) is 12.2. The van der Waals surface area contributed by atoms with Gasteiger partial charge in [0.15, 0.2) is 5.04 Å². The Labute approximate surface area is 243 Å². The summed E-state index contributed by atoms with van der Waals surface area (Å²) in [7, 11) is 0. The molecule has 1 unspecified atom stereocenters. The van der Waals surface area contributed by atoms with Crippen molar-refractivity contribution in [3.63, 3.8) is 0 Å². The fourth-order valence-corrected chi connectivity index (χ4v) is 7.60. The van der Waals surface area contributed by atoms with E-state index in [9.17, 15) is 9.59 Å². The molecule has 0 radical (unpaired) electrons. The zero-order chi connectivity index (χ0) is 27.0. The third-order valence-corrected chi connectivity index (χ3v) is 9.56. The van der Waals surface area contributed by atoms with Crippen LogP contribution in [-0.2, 0) is 4.79 Å². The first-order valence-corrected chi connectivity index (χ1v) is 14.7. The molecule has 1 saturated heterocycles. The van der Waals surface area contributed by atoms with E-state index in [2.05, 4.69) is 15.9 Å². The number of aryl methyl sites for hydroxylation is 1. The van der Waals surface area contributed by atoms with Gasteiger partial charge in [-0.05, 0) is 66.7 Å². The minimum atomic E-state index is -1.07. The summed E-state index contributed by atoms with van der Waals surface area (Å²) in [6.07, 6.45) is 1.90. The number of carbonyl (C=O) groups is 2. The van der Waals surface area contributed by atoms with Crippen LogP contribution >= 0.6 is 39.5 Å². The van der Waals surface area contributed by atoms with Crippen LogP contribution in [0.15, 0.2) is 124 Å². The summed E-state index contributed by atoms with van der Waals surface area (Å²) in [5.74, 6) is -0.330. The third kappa shape index (κ3) is 4.84. The number of benzene rings is 4. The second kappa shape index (κ2) is 10.5. The lowest BCUT2D eigenvalue weighted by Crippen LogP contribution is -2.51. The third-order valence-electron chi connectivity index (χ3n) is 6.32. The predicted molar refractivity (Wildman–Crippen MR) is 166 cm³/mol. The summed E-state index contributed by atoms with van der Waals surface area (Å²) in [5, 5.41) is 7.02. The average Bonchev–Trinajstić information content (AvgIpc) is 3.47. The second-order valence-electron chi connectivity index (χ2n) is 9.04. The van der Waals surface area contributed by atoms with Crippen LogP contribution in [0.1, 0.15) is 21.5 Å². The summed E-state index contributed by atoms with van der Waals surface area (Å²) in [6, 6.07) is 34.5. The van der Waals surface area contributed by atoms with Gasteiger partial charge in [0.25, 0.3) is 5.91 Å². The van der Waals surface area contributed by atoms with E-state index < -0.39 is 4.33 Å². The first-order chi connectivity index (χ1) is 18.9. The first kappa shape index (κ1) is 25.7. The monoisotopic (exact) mass is 611 g/mol. The van der Waals surface area contributed by atoms with Gasteiger partial charge in [0.1, 0.15) is 0 Å². The minimum Gasteiger partial charge on any atom is -0.286 e. The van der Waals surface area contributed by atoms with E-state index in [4.69, 9.17) is 5.10 Å². The van der Waals surface area contributed by atoms with E-state index >= 15 is 0 Å². The molecule has 0 aromatic heterocycles. The number of nitrogens with zero attached hydrogens (tertiary/aromatic N) is 3. The minimum absolute atomic E-state index is 0.151. The molecule has 4 aromatic carbocycles. The molecule has 4 aromatic rings. The Hall–Kier alpha value is -3.59. The van der Waals surface area contributed by atoms with Crippen molar-refractivity contribution in [2.75, 3.05) is 9.91 Å². The van der Waals surface area contributed by atoms with E-state index in [0.717, 1.165) is 27.0 Å². The summed E-state index contributed by atoms with van der Waals surface area (Å²) in [6.45, 7) is 2.02. The van der Waals surface area contributed by atoms with Gasteiger partial charge in [-0.1, -0.05) is 106 Å². The molecule has 2 aliphatic rings. The highest BCUT2D eigenvalue weighted by Gasteiger charge is 2.60. The largest absolute Gasteiger partial charge is 0.286 e. The summed E-state index contributed by atoms with van der Waals surface area (Å²) < 4.78 is -0.110. The molecule has 0 N–H and O–H groups in total. The van der Waals surface area contributed by atoms with Crippen molar-refractivity contribution in [2.24, 2.45) is 5.10 Å². The molecule has 1 spiro atoms. The van der Waals surface area contributed by atoms with Crippen molar-refractivity contribution in [3.8, 4) is 0 Å². The fraction of sp³-hybridized carbons (Fsp3) is 0.0645. The Balaban J connectivity index is 1.51. The molecule has 2 heterocycles. The number of hydrogen-bond acceptors (Lipinski definition) is 6. The van der Waals surface area contributed by atoms with Crippen molar-refractivity contribution in [2.45, 2.75) is 11.3 Å². The molecular weight excluding hydrogens is 590 g/mol. The van der Waals surface area contributed by atoms with Gasteiger partial charge in [-0.15, -0.1) is 0 Å². The highest BCUT2D eigenvalue weighted by atomic mass is 79.9. The summed E-state index contributed by atoms with van der Waals surface area (Å²) in [5.41, 5.74) is 4.08. The zero-order valence-electron chi connectivity index (χ0n) is 20.8. The molecule has 5 nitrogen and oxygen atoms in total. The number of halogens is 1. The molecule has 0 bridgehead atoms. The molecule has 1 atom stereocenters. The Morgan fingerprint density at radius 1 is 0.821 bits per heavy atom. The van der Waals surface area contributed by atoms with Crippen molar-refractivity contribution in [1.29, 1.82) is 0 Å². The van der Waals surface area contributed by atoms with Crippen LogP contribution in [0.4, 0.5) is 11.4 Å². The molecule has 0 aliphatic carbocycles. The highest BCUT2D eigenvalue weighted by Crippen LogP contribution is 2.59. The summed E-state index contributed by atoms with van der Waals surface area (Å²) in [4.78, 5) is 30.1. The molecule has 39 heavy (non-hydrogen) atoms. The Kier molecular flexibility index (Phi) is 6.93. The fourth-order valence-electron chi connectivity index (χ4n) is 4.39. The molecule has 0 saturated carbocycles. The number of hydrogen-bond donors (Lipinski definition) is 0. The smallest absolute Gasteiger partial charge is 0.268 e. The molecule has 2 aliphatic heterocycles. The number of amides is 1. The zero-order valence-corrected chi connectivity index (χ0v) is 24.0. The number of Topliss-reactive ketones (excluding diaryl/α,β-unsaturated/α-hetero) is 1. The number of hydrazone groups is 1. The number of para-hydroxylation sites is 1. The van der Waals surface area contributed by atoms with Crippen molar-refractivity contribution < 1.29 is 9.59 Å². The standard InChI is InChI=1S/C31H22BrN3O2S2/c1-21-12-18-26(19-13-21)35-31(39-29(33-35)28(36)23-8-4-2-5-9-23)34(25-10-6-3-7-11-25)30(37)27(38-31)20-22-14-16-24(32)17-15-22/h2-20H,1H3. The predicted octanol–water partition coefficient (Wildman–Crippen LogP) is 7.94. The number of thioether (sulfide) groups is 2. The SMILES string of the molecule is Cc1ccc(N2N=C(C(=O)c3ccccc3)SC23SC(=Cc2ccc(Br)cc2)C(=O)N3c2ccccc2)cc1. The van der Waals surface area contributed by atoms with Crippen molar-refractivity contribution >= 4 is 73.6 Å². The molecule has 1 amide bonds. The quantitative estimate of drug-likeness (QED) is 0.169. The Morgan fingerprint density at radius 2 is 1.46 bits per heavy atom. The van der Waals surface area contributed by atoms with Gasteiger partial charge in [-0.25, -0.2) is 5.01 Å². The summed E-state index contributed by atoms with van der Waals surface area (Å²) >= 11 is 6.18. The second-order valence-corrected chi connectivity index (χ2v) is 12.6. The van der Waals surface area contributed by atoms with E-state index in [0.29, 0.717) is 15.5 Å². The van der Waals surface area contributed by atoms with Crippen molar-refractivity contribution in [3.05, 3.63) is 135 Å². The molecule has 6 rings (SSSR count). The van der Waals surface area contributed by atoms with Crippen LogP contribution in [-0.4, -0.2) is 21.1 Å². The van der Waals surface area contributed by atoms with Crippen LogP contribution in [0.5, 0.6) is 0 Å². The maximum atomic E-state index is 14.2. The topological polar surface area (TPSA) is 53.0 Å². The highest BCUT2D eigenvalue weighted by molar-refractivity contribution is 9.10. The Bertz CT molecular complexity index is 1610. The van der Waals surface area contributed by atoms with Crippen LogP contribution in [0.25, 0.3) is 6.08 Å². The van der Waals surface area contributed by atoms with Gasteiger partial charge in [0, 0.05) is 15.7 Å². The van der Waals surface area contributed by atoms with E-state index in [1.807, 2.05) is 115 Å². The van der Waals surface area contributed by atoms with Crippen LogP contribution in [0.3, 0.4) is 0 Å². The van der Waals surface area contributed by atoms with Gasteiger partial charge >= 0.3 is 0 Å². The molecular formula is C31H22BrN3O2S2. The van der Waals surface area contributed by atoms with Gasteiger partial charge in [0.05, 0.1) is 10.6 Å². The molecule has 8 heteroatoms. The van der Waals surface area contributed by atoms with Crippen LogP contribution in [0.2, 0.25) is 0 Å². The van der Waals surface area contributed by atoms with Gasteiger partial charge < -0.3 is 0 Å². The maximum absolute atomic E-state index is 14.2. The van der Waals surface area contributed by atoms with Crippen LogP contribution < -0.4 is 9.91 Å². The maximum Gasteiger partial charge on any atom is 0.268 e. The lowest BCUT2D eigenvalue weighted by Gasteiger charge is -2.38. The number of ketones is 1. The molecule has 1 fully saturated rings. The number of anilines is 2. The van der Waals surface area contributed by atoms with Gasteiger partial charge in [0.2, 0.25) is 10.1 Å². The average molecular weight is 613 g/mol. The Morgan fingerprint density at radius 3 is 2.13 bits per heavy atom. The van der Waals surface area contributed by atoms with E-state index in [-0.39, 0.29) is 11.7 Å². The van der Waals surface area contributed by atoms with E-state index in [1.54, 1.807) is 17.0 Å².